The van der Waals surface area contributed by atoms with E-state index in [1.165, 1.54) is 11.3 Å². The van der Waals surface area contributed by atoms with E-state index in [9.17, 15) is 9.59 Å². The summed E-state index contributed by atoms with van der Waals surface area (Å²) in [4.78, 5) is 23.5. The highest BCUT2D eigenvalue weighted by atomic mass is 35.5. The van der Waals surface area contributed by atoms with Crippen molar-refractivity contribution in [3.8, 4) is 0 Å². The molecule has 1 heterocycles. The second-order valence-corrected chi connectivity index (χ2v) is 6.17. The highest BCUT2D eigenvalue weighted by Gasteiger charge is 2.08. The van der Waals surface area contributed by atoms with Crippen LogP contribution < -0.4 is 10.6 Å². The minimum absolute atomic E-state index is 0.123. The van der Waals surface area contributed by atoms with Crippen molar-refractivity contribution in [1.82, 2.24) is 5.32 Å². The molecule has 116 valence electrons. The van der Waals surface area contributed by atoms with Gasteiger partial charge in [0.1, 0.15) is 0 Å². The predicted octanol–water partition coefficient (Wildman–Crippen LogP) is 4.20. The molecule has 0 radical (unpaired) electrons. The van der Waals surface area contributed by atoms with Crippen LogP contribution in [0.4, 0.5) is 5.69 Å². The fourth-order valence-electron chi connectivity index (χ4n) is 1.75. The van der Waals surface area contributed by atoms with E-state index in [0.29, 0.717) is 40.7 Å². The van der Waals surface area contributed by atoms with E-state index in [2.05, 4.69) is 10.6 Å². The summed E-state index contributed by atoms with van der Waals surface area (Å²) in [5, 5.41) is 10.0. The molecule has 0 fully saturated rings. The Morgan fingerprint density at radius 2 is 2.00 bits per heavy atom. The zero-order chi connectivity index (χ0) is 15.9. The van der Waals surface area contributed by atoms with Crippen molar-refractivity contribution >= 4 is 52.0 Å². The number of hydrogen-bond donors (Lipinski definition) is 2. The van der Waals surface area contributed by atoms with E-state index in [0.717, 1.165) is 0 Å². The van der Waals surface area contributed by atoms with Crippen molar-refractivity contribution in [2.45, 2.75) is 12.8 Å². The lowest BCUT2D eigenvalue weighted by Crippen LogP contribution is -2.25. The first-order chi connectivity index (χ1) is 10.6. The SMILES string of the molecule is O=C(CCCNC(=O)c1ccsc1)Nc1ccc(Cl)cc1Cl. The van der Waals surface area contributed by atoms with Crippen molar-refractivity contribution in [1.29, 1.82) is 0 Å². The van der Waals surface area contributed by atoms with Gasteiger partial charge in [0.2, 0.25) is 5.91 Å². The summed E-state index contributed by atoms with van der Waals surface area (Å²) in [5.41, 5.74) is 1.17. The lowest BCUT2D eigenvalue weighted by atomic mass is 10.2. The molecule has 4 nitrogen and oxygen atoms in total. The van der Waals surface area contributed by atoms with Gasteiger partial charge in [-0.3, -0.25) is 9.59 Å². The van der Waals surface area contributed by atoms with Gasteiger partial charge >= 0.3 is 0 Å². The number of nitrogens with one attached hydrogen (secondary N) is 2. The first-order valence-corrected chi connectivity index (χ1v) is 8.31. The van der Waals surface area contributed by atoms with Crippen LogP contribution in [0.15, 0.2) is 35.0 Å². The Kier molecular flexibility index (Phi) is 6.24. The number of anilines is 1. The van der Waals surface area contributed by atoms with Crippen LogP contribution in [0.2, 0.25) is 10.0 Å². The van der Waals surface area contributed by atoms with E-state index in [1.807, 2.05) is 5.38 Å². The number of benzene rings is 1. The zero-order valence-corrected chi connectivity index (χ0v) is 13.9. The van der Waals surface area contributed by atoms with Crippen LogP contribution in [-0.2, 0) is 4.79 Å². The van der Waals surface area contributed by atoms with E-state index >= 15 is 0 Å². The number of amides is 2. The monoisotopic (exact) mass is 356 g/mol. The van der Waals surface area contributed by atoms with Crippen LogP contribution in [0.3, 0.4) is 0 Å². The molecule has 0 aliphatic heterocycles. The second kappa shape index (κ2) is 8.17. The fourth-order valence-corrected chi connectivity index (χ4v) is 2.84. The van der Waals surface area contributed by atoms with E-state index in [-0.39, 0.29) is 11.8 Å². The van der Waals surface area contributed by atoms with Gasteiger partial charge in [0.05, 0.1) is 10.7 Å². The molecule has 0 aliphatic rings. The molecule has 22 heavy (non-hydrogen) atoms. The topological polar surface area (TPSA) is 58.2 Å². The Labute approximate surface area is 142 Å². The molecule has 0 bridgehead atoms. The molecule has 0 unspecified atom stereocenters. The van der Waals surface area contributed by atoms with Crippen LogP contribution in [-0.4, -0.2) is 18.4 Å². The quantitative estimate of drug-likeness (QED) is 0.761. The number of thiophene rings is 1. The highest BCUT2D eigenvalue weighted by Crippen LogP contribution is 2.25. The minimum atomic E-state index is -0.158. The molecule has 2 N–H and O–H groups in total. The van der Waals surface area contributed by atoms with Gasteiger partial charge < -0.3 is 10.6 Å². The molecule has 1 aromatic heterocycles. The summed E-state index contributed by atoms with van der Waals surface area (Å²) in [6, 6.07) is 6.64. The Morgan fingerprint density at radius 1 is 1.18 bits per heavy atom. The van der Waals surface area contributed by atoms with E-state index in [4.69, 9.17) is 23.2 Å². The molecular formula is C15H14Cl2N2O2S. The third-order valence-electron chi connectivity index (χ3n) is 2.85. The number of carbonyl (C=O) groups excluding carboxylic acids is 2. The summed E-state index contributed by atoms with van der Waals surface area (Å²) < 4.78 is 0. The molecule has 2 rings (SSSR count). The van der Waals surface area contributed by atoms with Crippen molar-refractivity contribution in [3.05, 3.63) is 50.6 Å². The standard InChI is InChI=1S/C15H14Cl2N2O2S/c16-11-3-4-13(12(17)8-11)19-14(20)2-1-6-18-15(21)10-5-7-22-9-10/h3-5,7-9H,1-2,6H2,(H,18,21)(H,19,20). The molecule has 0 saturated carbocycles. The van der Waals surface area contributed by atoms with Gasteiger partial charge in [0, 0.05) is 28.9 Å². The fraction of sp³-hybridized carbons (Fsp3) is 0.200. The molecule has 7 heteroatoms. The molecule has 0 saturated heterocycles. The third-order valence-corrected chi connectivity index (χ3v) is 4.09. The molecule has 0 atom stereocenters. The van der Waals surface area contributed by atoms with E-state index in [1.54, 1.807) is 29.6 Å². The molecule has 1 aromatic carbocycles. The number of rotatable bonds is 6. The highest BCUT2D eigenvalue weighted by molar-refractivity contribution is 7.08. The normalized spacial score (nSPS) is 10.3. The van der Waals surface area contributed by atoms with Gasteiger partial charge in [-0.05, 0) is 36.1 Å². The van der Waals surface area contributed by atoms with Crippen LogP contribution in [0.25, 0.3) is 0 Å². The Hall–Kier alpha value is -1.56. The molecular weight excluding hydrogens is 343 g/mol. The van der Waals surface area contributed by atoms with Crippen molar-refractivity contribution in [2.24, 2.45) is 0 Å². The van der Waals surface area contributed by atoms with Gasteiger partial charge in [0.15, 0.2) is 0 Å². The van der Waals surface area contributed by atoms with Crippen LogP contribution in [0.5, 0.6) is 0 Å². The van der Waals surface area contributed by atoms with Crippen LogP contribution >= 0.6 is 34.5 Å². The zero-order valence-electron chi connectivity index (χ0n) is 11.6. The molecule has 0 spiro atoms. The first-order valence-electron chi connectivity index (χ1n) is 6.61. The lowest BCUT2D eigenvalue weighted by molar-refractivity contribution is -0.116. The van der Waals surface area contributed by atoms with Crippen molar-refractivity contribution in [2.75, 3.05) is 11.9 Å². The van der Waals surface area contributed by atoms with Crippen molar-refractivity contribution in [3.63, 3.8) is 0 Å². The summed E-state index contributed by atoms with van der Waals surface area (Å²) in [6.45, 7) is 0.441. The third kappa shape index (κ3) is 5.02. The van der Waals surface area contributed by atoms with Gasteiger partial charge in [0.25, 0.3) is 5.91 Å². The van der Waals surface area contributed by atoms with Gasteiger partial charge in [-0.2, -0.15) is 11.3 Å². The van der Waals surface area contributed by atoms with Crippen LogP contribution in [0.1, 0.15) is 23.2 Å². The maximum atomic E-state index is 11.8. The van der Waals surface area contributed by atoms with Crippen LogP contribution in [0, 0.1) is 0 Å². The maximum absolute atomic E-state index is 11.8. The Morgan fingerprint density at radius 3 is 2.68 bits per heavy atom. The summed E-state index contributed by atoms with van der Waals surface area (Å²) in [6.07, 6.45) is 0.843. The van der Waals surface area contributed by atoms with E-state index < -0.39 is 0 Å². The summed E-state index contributed by atoms with van der Waals surface area (Å²) >= 11 is 13.2. The Balaban J connectivity index is 1.71. The number of carbonyl (C=O) groups is 2. The smallest absolute Gasteiger partial charge is 0.252 e. The second-order valence-electron chi connectivity index (χ2n) is 4.54. The Bertz CT molecular complexity index is 660. The van der Waals surface area contributed by atoms with Gasteiger partial charge in [-0.15, -0.1) is 0 Å². The molecule has 2 amide bonds. The number of hydrogen-bond acceptors (Lipinski definition) is 3. The average molecular weight is 357 g/mol. The first kappa shape index (κ1) is 16.8. The molecule has 2 aromatic rings. The predicted molar refractivity (Wildman–Crippen MR) is 91.0 cm³/mol. The van der Waals surface area contributed by atoms with Crippen molar-refractivity contribution < 1.29 is 9.59 Å². The number of halogens is 2. The average Bonchev–Trinajstić information content (AvgIpc) is 3.01. The lowest BCUT2D eigenvalue weighted by Gasteiger charge is -2.08. The maximum Gasteiger partial charge on any atom is 0.252 e. The summed E-state index contributed by atoms with van der Waals surface area (Å²) in [5.74, 6) is -0.281. The van der Waals surface area contributed by atoms with Gasteiger partial charge in [-0.25, -0.2) is 0 Å². The van der Waals surface area contributed by atoms with Gasteiger partial charge in [-0.1, -0.05) is 23.2 Å². The largest absolute Gasteiger partial charge is 0.352 e. The summed E-state index contributed by atoms with van der Waals surface area (Å²) in [7, 11) is 0. The molecule has 0 aliphatic carbocycles. The minimum Gasteiger partial charge on any atom is -0.352 e.